The topological polar surface area (TPSA) is 36.9 Å². The highest BCUT2D eigenvalue weighted by molar-refractivity contribution is 5.81. The van der Waals surface area contributed by atoms with Crippen LogP contribution in [0.2, 0.25) is 0 Å². The quantitative estimate of drug-likeness (QED) is 0.880. The van der Waals surface area contributed by atoms with Crippen molar-refractivity contribution in [2.75, 3.05) is 26.7 Å². The van der Waals surface area contributed by atoms with Gasteiger partial charge in [0.25, 0.3) is 0 Å². The zero-order chi connectivity index (χ0) is 13.0. The molecule has 2 rings (SSSR count). The molecule has 0 fully saturated rings. The minimum Gasteiger partial charge on any atom is -0.489 e. The van der Waals surface area contributed by atoms with Gasteiger partial charge < -0.3 is 15.0 Å². The Balaban J connectivity index is 1.78. The summed E-state index contributed by atoms with van der Waals surface area (Å²) in [4.78, 5) is 6.41. The van der Waals surface area contributed by atoms with E-state index in [-0.39, 0.29) is 11.9 Å². The van der Waals surface area contributed by atoms with Crippen LogP contribution < -0.4 is 10.1 Å². The van der Waals surface area contributed by atoms with Crippen molar-refractivity contribution >= 4 is 5.96 Å². The van der Waals surface area contributed by atoms with Gasteiger partial charge in [-0.3, -0.25) is 4.99 Å². The number of hydrogen-bond acceptors (Lipinski definition) is 4. The second kappa shape index (κ2) is 5.71. The average Bonchev–Trinajstić information content (AvgIpc) is 2.75. The molecule has 18 heavy (non-hydrogen) atoms. The zero-order valence-electron chi connectivity index (χ0n) is 10.7. The van der Waals surface area contributed by atoms with Gasteiger partial charge >= 0.3 is 0 Å². The number of rotatable bonds is 4. The van der Waals surface area contributed by atoms with Crippen LogP contribution in [0.3, 0.4) is 0 Å². The summed E-state index contributed by atoms with van der Waals surface area (Å²) in [7, 11) is 2.00. The maximum absolute atomic E-state index is 12.7. The van der Waals surface area contributed by atoms with Crippen LogP contribution >= 0.6 is 0 Å². The normalized spacial score (nSPS) is 16.4. The van der Waals surface area contributed by atoms with E-state index in [9.17, 15) is 4.39 Å². The summed E-state index contributed by atoms with van der Waals surface area (Å²) in [6, 6.07) is 6.05. The number of nitrogens with zero attached hydrogens (tertiary/aromatic N) is 2. The van der Waals surface area contributed by atoms with Gasteiger partial charge in [-0.05, 0) is 31.2 Å². The van der Waals surface area contributed by atoms with Crippen molar-refractivity contribution in [2.24, 2.45) is 4.99 Å². The molecular weight excluding hydrogens is 233 g/mol. The van der Waals surface area contributed by atoms with E-state index in [1.807, 2.05) is 14.0 Å². The Labute approximate surface area is 106 Å². The van der Waals surface area contributed by atoms with E-state index in [1.165, 1.54) is 12.1 Å². The van der Waals surface area contributed by atoms with Crippen molar-refractivity contribution in [1.29, 1.82) is 0 Å². The standard InChI is InChI=1S/C13H18FN3O/c1-10(9-16-13-15-7-8-17(13)2)18-12-5-3-11(14)4-6-12/h3-6,10H,7-9H2,1-2H3,(H,15,16). The fourth-order valence-corrected chi connectivity index (χ4v) is 1.75. The summed E-state index contributed by atoms with van der Waals surface area (Å²) in [5, 5.41) is 3.24. The van der Waals surface area contributed by atoms with Crippen LogP contribution in [0.4, 0.5) is 4.39 Å². The molecule has 0 saturated heterocycles. The molecule has 0 aliphatic carbocycles. The van der Waals surface area contributed by atoms with Crippen LogP contribution in [0.15, 0.2) is 29.3 Å². The monoisotopic (exact) mass is 251 g/mol. The minimum atomic E-state index is -0.255. The minimum absolute atomic E-state index is 0.00726. The lowest BCUT2D eigenvalue weighted by Gasteiger charge is -2.19. The Hall–Kier alpha value is -1.78. The van der Waals surface area contributed by atoms with Gasteiger partial charge in [0.15, 0.2) is 5.96 Å². The molecule has 1 aliphatic rings. The van der Waals surface area contributed by atoms with Gasteiger partial charge in [0.05, 0.1) is 13.1 Å². The Bertz CT molecular complexity index is 419. The van der Waals surface area contributed by atoms with Gasteiger partial charge in [-0.1, -0.05) is 0 Å². The average molecular weight is 251 g/mol. The third kappa shape index (κ3) is 3.35. The largest absolute Gasteiger partial charge is 0.489 e. The SMILES string of the molecule is CC(CNC1=NCCN1C)Oc1ccc(F)cc1. The van der Waals surface area contributed by atoms with E-state index < -0.39 is 0 Å². The Morgan fingerprint density at radius 2 is 2.17 bits per heavy atom. The molecule has 0 saturated carbocycles. The summed E-state index contributed by atoms with van der Waals surface area (Å²) < 4.78 is 18.4. The molecule has 0 radical (unpaired) electrons. The molecule has 5 heteroatoms. The van der Waals surface area contributed by atoms with Crippen molar-refractivity contribution in [3.63, 3.8) is 0 Å². The molecule has 1 heterocycles. The van der Waals surface area contributed by atoms with E-state index in [2.05, 4.69) is 15.2 Å². The first-order valence-electron chi connectivity index (χ1n) is 6.07. The lowest BCUT2D eigenvalue weighted by atomic mass is 10.3. The maximum atomic E-state index is 12.7. The van der Waals surface area contributed by atoms with E-state index >= 15 is 0 Å². The number of aliphatic imine (C=N–C) groups is 1. The molecular formula is C13H18FN3O. The predicted octanol–water partition coefficient (Wildman–Crippen LogP) is 1.48. The molecule has 0 amide bonds. The van der Waals surface area contributed by atoms with Crippen LogP contribution in [0.25, 0.3) is 0 Å². The second-order valence-corrected chi connectivity index (χ2v) is 4.39. The number of nitrogens with one attached hydrogen (secondary N) is 1. The number of likely N-dealkylation sites (N-methyl/N-ethyl adjacent to an activating group) is 1. The smallest absolute Gasteiger partial charge is 0.193 e. The number of guanidine groups is 1. The van der Waals surface area contributed by atoms with E-state index in [0.717, 1.165) is 19.0 Å². The maximum Gasteiger partial charge on any atom is 0.193 e. The molecule has 0 spiro atoms. The lowest BCUT2D eigenvalue weighted by Crippen LogP contribution is -2.40. The third-order valence-corrected chi connectivity index (χ3v) is 2.76. The van der Waals surface area contributed by atoms with Crippen LogP contribution in [0.5, 0.6) is 5.75 Å². The van der Waals surface area contributed by atoms with E-state index in [1.54, 1.807) is 12.1 Å². The molecule has 98 valence electrons. The summed E-state index contributed by atoms with van der Waals surface area (Å²) in [5.74, 6) is 1.33. The van der Waals surface area contributed by atoms with E-state index in [0.29, 0.717) is 12.3 Å². The molecule has 0 aromatic heterocycles. The van der Waals surface area contributed by atoms with Crippen LogP contribution in [-0.4, -0.2) is 43.6 Å². The Morgan fingerprint density at radius 1 is 1.44 bits per heavy atom. The van der Waals surface area contributed by atoms with Crippen molar-refractivity contribution < 1.29 is 9.13 Å². The van der Waals surface area contributed by atoms with Crippen molar-refractivity contribution in [3.8, 4) is 5.75 Å². The number of benzene rings is 1. The molecule has 1 unspecified atom stereocenters. The summed E-state index contributed by atoms with van der Waals surface area (Å²) in [5.41, 5.74) is 0. The van der Waals surface area contributed by atoms with Crippen LogP contribution in [0.1, 0.15) is 6.92 Å². The number of ether oxygens (including phenoxy) is 1. The highest BCUT2D eigenvalue weighted by Crippen LogP contribution is 2.12. The number of hydrogen-bond donors (Lipinski definition) is 1. The summed E-state index contributed by atoms with van der Waals surface area (Å²) in [6.07, 6.45) is -0.00726. The zero-order valence-corrected chi connectivity index (χ0v) is 10.7. The van der Waals surface area contributed by atoms with Gasteiger partial charge in [-0.25, -0.2) is 4.39 Å². The van der Waals surface area contributed by atoms with Crippen molar-refractivity contribution in [1.82, 2.24) is 10.2 Å². The van der Waals surface area contributed by atoms with Gasteiger partial charge in [0, 0.05) is 13.6 Å². The lowest BCUT2D eigenvalue weighted by molar-refractivity contribution is 0.222. The van der Waals surface area contributed by atoms with Gasteiger partial charge in [0.1, 0.15) is 17.7 Å². The van der Waals surface area contributed by atoms with Crippen molar-refractivity contribution in [3.05, 3.63) is 30.1 Å². The second-order valence-electron chi connectivity index (χ2n) is 4.39. The van der Waals surface area contributed by atoms with Crippen molar-refractivity contribution in [2.45, 2.75) is 13.0 Å². The third-order valence-electron chi connectivity index (χ3n) is 2.76. The molecule has 1 atom stereocenters. The molecule has 1 N–H and O–H groups in total. The predicted molar refractivity (Wildman–Crippen MR) is 69.4 cm³/mol. The molecule has 1 aromatic carbocycles. The first-order valence-corrected chi connectivity index (χ1v) is 6.07. The van der Waals surface area contributed by atoms with Crippen LogP contribution in [-0.2, 0) is 0 Å². The van der Waals surface area contributed by atoms with Gasteiger partial charge in [-0.15, -0.1) is 0 Å². The molecule has 1 aliphatic heterocycles. The fraction of sp³-hybridized carbons (Fsp3) is 0.462. The summed E-state index contributed by atoms with van der Waals surface area (Å²) >= 11 is 0. The van der Waals surface area contributed by atoms with E-state index in [4.69, 9.17) is 4.74 Å². The van der Waals surface area contributed by atoms with Crippen LogP contribution in [0, 0.1) is 5.82 Å². The Morgan fingerprint density at radius 3 is 2.78 bits per heavy atom. The Kier molecular flexibility index (Phi) is 4.02. The fourth-order valence-electron chi connectivity index (χ4n) is 1.75. The highest BCUT2D eigenvalue weighted by atomic mass is 19.1. The molecule has 0 bridgehead atoms. The molecule has 4 nitrogen and oxygen atoms in total. The summed E-state index contributed by atoms with van der Waals surface area (Å²) in [6.45, 7) is 4.42. The van der Waals surface area contributed by atoms with Gasteiger partial charge in [-0.2, -0.15) is 0 Å². The highest BCUT2D eigenvalue weighted by Gasteiger charge is 2.13. The number of halogens is 1. The first kappa shape index (κ1) is 12.7. The van der Waals surface area contributed by atoms with Gasteiger partial charge in [0.2, 0.25) is 0 Å². The first-order chi connectivity index (χ1) is 8.65. The molecule has 1 aromatic rings.